The molecular weight excluding hydrogens is 373 g/mol. The molecule has 7 nitrogen and oxygen atoms in total. The third-order valence-electron chi connectivity index (χ3n) is 3.22. The number of aromatic nitrogens is 1. The van der Waals surface area contributed by atoms with E-state index in [4.69, 9.17) is 10.5 Å². The van der Waals surface area contributed by atoms with E-state index in [1.165, 1.54) is 37.2 Å². The fourth-order valence-corrected chi connectivity index (χ4v) is 2.68. The van der Waals surface area contributed by atoms with Gasteiger partial charge in [0.25, 0.3) is 5.91 Å². The van der Waals surface area contributed by atoms with Crippen molar-refractivity contribution in [3.63, 3.8) is 0 Å². The molecule has 0 fully saturated rings. The fourth-order valence-electron chi connectivity index (χ4n) is 1.95. The molecule has 2 rings (SSSR count). The minimum atomic E-state index is -4.54. The Morgan fingerprint density at radius 2 is 1.96 bits per heavy atom. The molecule has 0 unspecified atom stereocenters. The lowest BCUT2D eigenvalue weighted by Gasteiger charge is -2.13. The minimum absolute atomic E-state index is 0.0512. The van der Waals surface area contributed by atoms with Gasteiger partial charge in [-0.25, -0.2) is 4.79 Å². The molecule has 2 aromatic rings. The van der Waals surface area contributed by atoms with E-state index in [9.17, 15) is 22.8 Å². The van der Waals surface area contributed by atoms with Crippen LogP contribution in [-0.4, -0.2) is 35.3 Å². The topological polar surface area (TPSA) is 97.6 Å². The van der Waals surface area contributed by atoms with Crippen LogP contribution >= 0.6 is 11.5 Å². The molecule has 0 radical (unpaired) electrons. The standard InChI is InChI=1S/C15H15F3N4O3S/c1-22(2)14(24)20-13-10(11(19)23)12(21-26-13)25-7-8-5-3-4-6-9(8)15(16,17)18/h3-6H,7H2,1-2H3,(H2,19,23)(H,20,24). The Morgan fingerprint density at radius 3 is 2.54 bits per heavy atom. The fraction of sp³-hybridized carbons (Fsp3) is 0.267. The second-order valence-electron chi connectivity index (χ2n) is 5.32. The Morgan fingerprint density at radius 1 is 1.31 bits per heavy atom. The van der Waals surface area contributed by atoms with Crippen molar-refractivity contribution < 1.29 is 27.5 Å². The maximum absolute atomic E-state index is 13.0. The number of alkyl halides is 3. The molecule has 11 heteroatoms. The quantitative estimate of drug-likeness (QED) is 0.823. The highest BCUT2D eigenvalue weighted by molar-refractivity contribution is 7.11. The number of primary amides is 1. The smallest absolute Gasteiger partial charge is 0.416 e. The van der Waals surface area contributed by atoms with Crippen LogP contribution in [0, 0.1) is 0 Å². The number of hydrogen-bond acceptors (Lipinski definition) is 5. The zero-order valence-corrected chi connectivity index (χ0v) is 14.6. The number of nitrogens with zero attached hydrogens (tertiary/aromatic N) is 2. The zero-order chi connectivity index (χ0) is 19.5. The van der Waals surface area contributed by atoms with Gasteiger partial charge in [-0.2, -0.15) is 17.5 Å². The second kappa shape index (κ2) is 7.60. The summed E-state index contributed by atoms with van der Waals surface area (Å²) < 4.78 is 48.2. The number of carbonyl (C=O) groups is 2. The molecule has 0 bridgehead atoms. The molecule has 3 N–H and O–H groups in total. The average Bonchev–Trinajstić information content (AvgIpc) is 2.95. The van der Waals surface area contributed by atoms with Gasteiger partial charge in [0.05, 0.1) is 5.56 Å². The summed E-state index contributed by atoms with van der Waals surface area (Å²) in [6, 6.07) is 4.36. The van der Waals surface area contributed by atoms with Gasteiger partial charge in [0.1, 0.15) is 17.2 Å². The van der Waals surface area contributed by atoms with Crippen LogP contribution in [0.3, 0.4) is 0 Å². The molecule has 3 amide bonds. The van der Waals surface area contributed by atoms with Gasteiger partial charge in [-0.1, -0.05) is 18.2 Å². The van der Waals surface area contributed by atoms with Crippen molar-refractivity contribution in [2.24, 2.45) is 5.73 Å². The molecular formula is C15H15F3N4O3S. The average molecular weight is 388 g/mol. The summed E-state index contributed by atoms with van der Waals surface area (Å²) in [5.74, 6) is -1.17. The molecule has 0 atom stereocenters. The van der Waals surface area contributed by atoms with Gasteiger partial charge in [-0.3, -0.25) is 10.1 Å². The summed E-state index contributed by atoms with van der Waals surface area (Å²) in [5, 5.41) is 2.48. The van der Waals surface area contributed by atoms with Crippen LogP contribution in [0.15, 0.2) is 24.3 Å². The van der Waals surface area contributed by atoms with E-state index < -0.39 is 30.3 Å². The minimum Gasteiger partial charge on any atom is -0.472 e. The lowest BCUT2D eigenvalue weighted by Crippen LogP contribution is -2.28. The summed E-state index contributed by atoms with van der Waals surface area (Å²) in [6.45, 7) is -0.471. The first-order valence-electron chi connectivity index (χ1n) is 7.17. The van der Waals surface area contributed by atoms with E-state index in [2.05, 4.69) is 9.69 Å². The molecule has 0 aliphatic carbocycles. The van der Waals surface area contributed by atoms with Crippen LogP contribution < -0.4 is 15.8 Å². The Balaban J connectivity index is 2.25. The largest absolute Gasteiger partial charge is 0.472 e. The number of ether oxygens (including phenoxy) is 1. The number of nitrogens with two attached hydrogens (primary N) is 1. The summed E-state index contributed by atoms with van der Waals surface area (Å²) in [6.07, 6.45) is -4.54. The summed E-state index contributed by atoms with van der Waals surface area (Å²) >= 11 is 0.738. The van der Waals surface area contributed by atoms with Gasteiger partial charge in [0.2, 0.25) is 5.88 Å². The predicted molar refractivity (Wildman–Crippen MR) is 89.1 cm³/mol. The van der Waals surface area contributed by atoms with Gasteiger partial charge in [0.15, 0.2) is 0 Å². The first-order valence-corrected chi connectivity index (χ1v) is 7.94. The van der Waals surface area contributed by atoms with Crippen LogP contribution in [-0.2, 0) is 12.8 Å². The van der Waals surface area contributed by atoms with E-state index in [0.29, 0.717) is 0 Å². The van der Waals surface area contributed by atoms with Crippen molar-refractivity contribution >= 4 is 28.5 Å². The van der Waals surface area contributed by atoms with Crippen molar-refractivity contribution in [2.75, 3.05) is 19.4 Å². The maximum atomic E-state index is 13.0. The molecule has 0 spiro atoms. The molecule has 140 valence electrons. The lowest BCUT2D eigenvalue weighted by atomic mass is 10.1. The predicted octanol–water partition coefficient (Wildman–Crippen LogP) is 2.93. The van der Waals surface area contributed by atoms with Gasteiger partial charge in [-0.05, 0) is 17.6 Å². The zero-order valence-electron chi connectivity index (χ0n) is 13.8. The van der Waals surface area contributed by atoms with E-state index in [1.807, 2.05) is 0 Å². The SMILES string of the molecule is CN(C)C(=O)Nc1snc(OCc2ccccc2C(F)(F)F)c1C(N)=O. The normalized spacial score (nSPS) is 11.1. The van der Waals surface area contributed by atoms with Crippen molar-refractivity contribution in [3.05, 3.63) is 41.0 Å². The van der Waals surface area contributed by atoms with Crippen LogP contribution in [0.4, 0.5) is 23.0 Å². The van der Waals surface area contributed by atoms with Crippen molar-refractivity contribution in [1.82, 2.24) is 9.27 Å². The third kappa shape index (κ3) is 4.42. The Bertz CT molecular complexity index is 821. The van der Waals surface area contributed by atoms with E-state index in [-0.39, 0.29) is 22.0 Å². The van der Waals surface area contributed by atoms with Gasteiger partial charge in [0, 0.05) is 19.7 Å². The Hall–Kier alpha value is -2.82. The molecule has 0 aliphatic heterocycles. The number of nitrogens with one attached hydrogen (secondary N) is 1. The monoisotopic (exact) mass is 388 g/mol. The summed E-state index contributed by atoms with van der Waals surface area (Å²) in [7, 11) is 2.98. The molecule has 0 saturated carbocycles. The third-order valence-corrected chi connectivity index (χ3v) is 3.97. The van der Waals surface area contributed by atoms with Crippen LogP contribution in [0.1, 0.15) is 21.5 Å². The molecule has 26 heavy (non-hydrogen) atoms. The highest BCUT2D eigenvalue weighted by Gasteiger charge is 2.33. The van der Waals surface area contributed by atoms with Crippen LogP contribution in [0.2, 0.25) is 0 Å². The summed E-state index contributed by atoms with van der Waals surface area (Å²) in [5.41, 5.74) is 4.11. The lowest BCUT2D eigenvalue weighted by molar-refractivity contribution is -0.138. The molecule has 1 heterocycles. The second-order valence-corrected chi connectivity index (χ2v) is 6.10. The van der Waals surface area contributed by atoms with Crippen molar-refractivity contribution in [1.29, 1.82) is 0 Å². The Labute approximate surface area is 150 Å². The number of anilines is 1. The number of benzene rings is 1. The Kier molecular flexibility index (Phi) is 5.70. The molecule has 0 saturated heterocycles. The first kappa shape index (κ1) is 19.5. The van der Waals surface area contributed by atoms with Crippen molar-refractivity contribution in [3.8, 4) is 5.88 Å². The number of urea groups is 1. The number of halogens is 3. The van der Waals surface area contributed by atoms with E-state index in [0.717, 1.165) is 17.6 Å². The highest BCUT2D eigenvalue weighted by Crippen LogP contribution is 2.34. The highest BCUT2D eigenvalue weighted by atomic mass is 32.1. The van der Waals surface area contributed by atoms with Crippen LogP contribution in [0.25, 0.3) is 0 Å². The number of rotatable bonds is 5. The number of amides is 3. The first-order chi connectivity index (χ1) is 12.1. The van der Waals surface area contributed by atoms with Crippen molar-refractivity contribution in [2.45, 2.75) is 12.8 Å². The van der Waals surface area contributed by atoms with Gasteiger partial charge in [-0.15, -0.1) is 0 Å². The molecule has 1 aromatic heterocycles. The summed E-state index contributed by atoms with van der Waals surface area (Å²) in [4.78, 5) is 24.6. The molecule has 0 aliphatic rings. The van der Waals surface area contributed by atoms with Gasteiger partial charge < -0.3 is 15.4 Å². The number of carbonyl (C=O) groups excluding carboxylic acids is 2. The maximum Gasteiger partial charge on any atom is 0.416 e. The molecule has 1 aromatic carbocycles. The van der Waals surface area contributed by atoms with Gasteiger partial charge >= 0.3 is 12.2 Å². The van der Waals surface area contributed by atoms with E-state index >= 15 is 0 Å². The van der Waals surface area contributed by atoms with Crippen LogP contribution in [0.5, 0.6) is 5.88 Å². The van der Waals surface area contributed by atoms with E-state index in [1.54, 1.807) is 0 Å². The number of hydrogen-bond donors (Lipinski definition) is 2.